The molecule has 1 amide bonds. The smallest absolute Gasteiger partial charge is 0.295 e. The lowest BCUT2D eigenvalue weighted by atomic mass is 9.93. The van der Waals surface area contributed by atoms with Gasteiger partial charge in [-0.3, -0.25) is 14.6 Å². The summed E-state index contributed by atoms with van der Waals surface area (Å²) in [6.07, 6.45) is 3.33. The highest BCUT2D eigenvalue weighted by molar-refractivity contribution is 6.46. The molecule has 0 saturated carbocycles. The maximum Gasteiger partial charge on any atom is 0.295 e. The number of amides is 1. The predicted octanol–water partition coefficient (Wildman–Crippen LogP) is 4.48. The fourth-order valence-corrected chi connectivity index (χ4v) is 4.34. The molecule has 180 valence electrons. The van der Waals surface area contributed by atoms with Gasteiger partial charge in [-0.2, -0.15) is 0 Å². The van der Waals surface area contributed by atoms with Crippen molar-refractivity contribution < 1.29 is 19.4 Å². The zero-order valence-electron chi connectivity index (χ0n) is 20.4. The number of ether oxygens (including phenoxy) is 1. The first kappa shape index (κ1) is 24.0. The van der Waals surface area contributed by atoms with Crippen LogP contribution in [0.5, 0.6) is 5.75 Å². The largest absolute Gasteiger partial charge is 0.507 e. The molecule has 0 unspecified atom stereocenters. The molecule has 1 saturated heterocycles. The van der Waals surface area contributed by atoms with Crippen LogP contribution in [0.25, 0.3) is 5.76 Å². The molecule has 0 bridgehead atoms. The molecule has 1 fully saturated rings. The summed E-state index contributed by atoms with van der Waals surface area (Å²) < 4.78 is 5.55. The van der Waals surface area contributed by atoms with Crippen LogP contribution in [0.15, 0.2) is 72.6 Å². The minimum absolute atomic E-state index is 0.0729. The fourth-order valence-electron chi connectivity index (χ4n) is 4.34. The van der Waals surface area contributed by atoms with Gasteiger partial charge in [0.2, 0.25) is 0 Å². The number of anilines is 1. The number of hydrogen-bond acceptors (Lipinski definition) is 6. The molecule has 4 rings (SSSR count). The van der Waals surface area contributed by atoms with Gasteiger partial charge in [0.1, 0.15) is 11.5 Å². The van der Waals surface area contributed by atoms with E-state index in [4.69, 9.17) is 4.74 Å². The predicted molar refractivity (Wildman–Crippen MR) is 135 cm³/mol. The molecular formula is C28H29N3O4. The van der Waals surface area contributed by atoms with Gasteiger partial charge in [-0.1, -0.05) is 18.2 Å². The summed E-state index contributed by atoms with van der Waals surface area (Å²) in [7, 11) is 3.89. The van der Waals surface area contributed by atoms with E-state index in [0.29, 0.717) is 17.9 Å². The van der Waals surface area contributed by atoms with Crippen LogP contribution in [0.1, 0.15) is 35.2 Å². The minimum Gasteiger partial charge on any atom is -0.507 e. The number of aryl methyl sites for hydroxylation is 1. The number of aliphatic hydroxyl groups is 1. The van der Waals surface area contributed by atoms with Gasteiger partial charge >= 0.3 is 0 Å². The third-order valence-corrected chi connectivity index (χ3v) is 6.10. The Morgan fingerprint density at radius 2 is 1.86 bits per heavy atom. The molecule has 2 heterocycles. The number of hydrogen-bond donors (Lipinski definition) is 1. The number of ketones is 1. The van der Waals surface area contributed by atoms with Crippen molar-refractivity contribution in [1.29, 1.82) is 0 Å². The van der Waals surface area contributed by atoms with Gasteiger partial charge in [-0.15, -0.1) is 0 Å². The second-order valence-electron chi connectivity index (χ2n) is 8.68. The monoisotopic (exact) mass is 471 g/mol. The van der Waals surface area contributed by atoms with E-state index in [1.165, 1.54) is 4.90 Å². The highest BCUT2D eigenvalue weighted by Gasteiger charge is 2.46. The normalized spacial score (nSPS) is 17.0. The van der Waals surface area contributed by atoms with Crippen LogP contribution in [0, 0.1) is 6.92 Å². The maximum absolute atomic E-state index is 13.3. The molecule has 1 N–H and O–H groups in total. The van der Waals surface area contributed by atoms with Gasteiger partial charge in [0.05, 0.1) is 18.2 Å². The Labute approximate surface area is 205 Å². The molecule has 0 aliphatic carbocycles. The molecule has 7 nitrogen and oxygen atoms in total. The van der Waals surface area contributed by atoms with E-state index >= 15 is 0 Å². The van der Waals surface area contributed by atoms with Crippen molar-refractivity contribution in [2.24, 2.45) is 0 Å². The maximum atomic E-state index is 13.3. The number of rotatable bonds is 7. The van der Waals surface area contributed by atoms with Gasteiger partial charge in [-0.25, -0.2) is 0 Å². The number of Topliss-reactive ketones (excluding diaryl/α,β-unsaturated/α-hetero) is 1. The molecule has 1 aliphatic heterocycles. The Balaban J connectivity index is 1.85. The third-order valence-electron chi connectivity index (χ3n) is 6.10. The molecule has 0 radical (unpaired) electrons. The molecule has 3 aromatic rings. The molecule has 0 spiro atoms. The number of nitrogens with zero attached hydrogens (tertiary/aromatic N) is 3. The molecule has 7 heteroatoms. The first-order valence-electron chi connectivity index (χ1n) is 11.5. The SMILES string of the molecule is CCOc1ccc(C(O)=C2C(=O)C(=O)N(Cc3cccnc3)[C@@H]2c2ccc(N(C)C)cc2)c(C)c1. The van der Waals surface area contributed by atoms with Crippen LogP contribution >= 0.6 is 0 Å². The lowest BCUT2D eigenvalue weighted by Gasteiger charge is -2.26. The molecule has 2 aromatic carbocycles. The van der Waals surface area contributed by atoms with Gasteiger partial charge in [-0.05, 0) is 66.9 Å². The van der Waals surface area contributed by atoms with E-state index < -0.39 is 17.7 Å². The summed E-state index contributed by atoms with van der Waals surface area (Å²) in [4.78, 5) is 34.1. The summed E-state index contributed by atoms with van der Waals surface area (Å²) in [5, 5.41) is 11.4. The van der Waals surface area contributed by atoms with Crippen molar-refractivity contribution in [2.45, 2.75) is 26.4 Å². The van der Waals surface area contributed by atoms with Crippen LogP contribution < -0.4 is 9.64 Å². The Morgan fingerprint density at radius 1 is 1.11 bits per heavy atom. The first-order chi connectivity index (χ1) is 16.8. The minimum atomic E-state index is -0.739. The molecular weight excluding hydrogens is 442 g/mol. The van der Waals surface area contributed by atoms with E-state index in [0.717, 1.165) is 22.4 Å². The number of carbonyl (C=O) groups is 2. The van der Waals surface area contributed by atoms with Crippen molar-refractivity contribution in [3.8, 4) is 5.75 Å². The van der Waals surface area contributed by atoms with Crippen LogP contribution in [0.4, 0.5) is 5.69 Å². The molecule has 1 aliphatic rings. The lowest BCUT2D eigenvalue weighted by molar-refractivity contribution is -0.140. The van der Waals surface area contributed by atoms with E-state index in [-0.39, 0.29) is 17.9 Å². The summed E-state index contributed by atoms with van der Waals surface area (Å²) in [5.74, 6) is -0.879. The van der Waals surface area contributed by atoms with Crippen LogP contribution in [-0.2, 0) is 16.1 Å². The number of carbonyl (C=O) groups excluding carboxylic acids is 2. The van der Waals surface area contributed by atoms with E-state index in [1.54, 1.807) is 30.6 Å². The van der Waals surface area contributed by atoms with Crippen molar-refractivity contribution in [3.05, 3.63) is 94.8 Å². The van der Waals surface area contributed by atoms with Gasteiger partial charge in [0.15, 0.2) is 0 Å². The van der Waals surface area contributed by atoms with E-state index in [2.05, 4.69) is 4.98 Å². The number of aromatic nitrogens is 1. The second-order valence-corrected chi connectivity index (χ2v) is 8.68. The van der Waals surface area contributed by atoms with Gasteiger partial charge < -0.3 is 19.6 Å². The zero-order valence-corrected chi connectivity index (χ0v) is 20.4. The average Bonchev–Trinajstić information content (AvgIpc) is 3.09. The molecule has 1 atom stereocenters. The number of aliphatic hydroxyl groups excluding tert-OH is 1. The molecule has 35 heavy (non-hydrogen) atoms. The quantitative estimate of drug-likeness (QED) is 0.311. The number of likely N-dealkylation sites (tertiary alicyclic amines) is 1. The summed E-state index contributed by atoms with van der Waals surface area (Å²) in [5.41, 5.74) is 3.82. The van der Waals surface area contributed by atoms with Crippen LogP contribution in [0.2, 0.25) is 0 Å². The standard InChI is InChI=1S/C28H29N3O4/c1-5-35-22-12-13-23(18(2)15-22)26(32)24-25(20-8-10-21(11-9-20)30(3)4)31(28(34)27(24)33)17-19-7-6-14-29-16-19/h6-16,25,32H,5,17H2,1-4H3/t25-/m1/s1. The fraction of sp³-hybridized carbons (Fsp3) is 0.250. The Bertz CT molecular complexity index is 1270. The Hall–Kier alpha value is -4.13. The second kappa shape index (κ2) is 10.0. The first-order valence-corrected chi connectivity index (χ1v) is 11.5. The van der Waals surface area contributed by atoms with Gasteiger partial charge in [0.25, 0.3) is 11.7 Å². The number of pyridine rings is 1. The topological polar surface area (TPSA) is 83.0 Å². The van der Waals surface area contributed by atoms with Gasteiger partial charge in [0, 0.05) is 44.3 Å². The molecule has 1 aromatic heterocycles. The van der Waals surface area contributed by atoms with Crippen LogP contribution in [-0.4, -0.2) is 47.4 Å². The highest BCUT2D eigenvalue weighted by atomic mass is 16.5. The average molecular weight is 472 g/mol. The number of benzene rings is 2. The Morgan fingerprint density at radius 3 is 2.46 bits per heavy atom. The van der Waals surface area contributed by atoms with E-state index in [9.17, 15) is 14.7 Å². The van der Waals surface area contributed by atoms with Crippen molar-refractivity contribution in [2.75, 3.05) is 25.6 Å². The van der Waals surface area contributed by atoms with Crippen LogP contribution in [0.3, 0.4) is 0 Å². The zero-order chi connectivity index (χ0) is 25.1. The van der Waals surface area contributed by atoms with Crippen molar-refractivity contribution >= 4 is 23.1 Å². The summed E-state index contributed by atoms with van der Waals surface area (Å²) >= 11 is 0. The van der Waals surface area contributed by atoms with Crippen molar-refractivity contribution in [3.63, 3.8) is 0 Å². The Kier molecular flexibility index (Phi) is 6.87. The van der Waals surface area contributed by atoms with E-state index in [1.807, 2.05) is 69.2 Å². The lowest BCUT2D eigenvalue weighted by Crippen LogP contribution is -2.29. The highest BCUT2D eigenvalue weighted by Crippen LogP contribution is 2.41. The van der Waals surface area contributed by atoms with Crippen molar-refractivity contribution in [1.82, 2.24) is 9.88 Å². The third kappa shape index (κ3) is 4.75. The summed E-state index contributed by atoms with van der Waals surface area (Å²) in [6, 6.07) is 15.8. The summed E-state index contributed by atoms with van der Waals surface area (Å²) in [6.45, 7) is 4.45.